The predicted molar refractivity (Wildman–Crippen MR) is 124 cm³/mol. The summed E-state index contributed by atoms with van der Waals surface area (Å²) in [6.07, 6.45) is 0. The van der Waals surface area contributed by atoms with E-state index in [0.29, 0.717) is 22.8 Å². The molecule has 7 heteroatoms. The molecule has 31 heavy (non-hydrogen) atoms. The lowest BCUT2D eigenvalue weighted by Gasteiger charge is -2.13. The number of hydrogen-bond donors (Lipinski definition) is 2. The van der Waals surface area contributed by atoms with E-state index in [9.17, 15) is 9.59 Å². The van der Waals surface area contributed by atoms with Crippen molar-refractivity contribution in [1.82, 2.24) is 10.3 Å². The molecule has 0 saturated heterocycles. The first kappa shape index (κ1) is 22.4. The summed E-state index contributed by atoms with van der Waals surface area (Å²) in [5.74, 6) is 0.568. The number of carbonyl (C=O) groups excluding carboxylic acids is 2. The molecule has 1 aromatic heterocycles. The monoisotopic (exact) mass is 435 g/mol. The molecule has 0 radical (unpaired) electrons. The van der Waals surface area contributed by atoms with Crippen molar-refractivity contribution < 1.29 is 14.3 Å². The van der Waals surface area contributed by atoms with Gasteiger partial charge in [0, 0.05) is 17.9 Å². The zero-order chi connectivity index (χ0) is 22.2. The SMILES string of the molecule is COc1ccc(CNC(=O)CSc2nc(C)cc(C)c2C(=O)Nc2ccccc2)cc1. The number of amides is 2. The number of aromatic nitrogens is 1. The number of hydrogen-bond acceptors (Lipinski definition) is 5. The van der Waals surface area contributed by atoms with Crippen LogP contribution in [0.3, 0.4) is 0 Å². The number of para-hydroxylation sites is 1. The Morgan fingerprint density at radius 3 is 2.42 bits per heavy atom. The molecule has 0 aliphatic heterocycles. The smallest absolute Gasteiger partial charge is 0.258 e. The van der Waals surface area contributed by atoms with E-state index in [2.05, 4.69) is 15.6 Å². The lowest BCUT2D eigenvalue weighted by atomic mass is 10.1. The molecule has 0 aliphatic carbocycles. The number of nitrogens with one attached hydrogen (secondary N) is 2. The van der Waals surface area contributed by atoms with Gasteiger partial charge in [0.15, 0.2) is 0 Å². The molecule has 3 aromatic rings. The lowest BCUT2D eigenvalue weighted by molar-refractivity contribution is -0.118. The Balaban J connectivity index is 1.64. The van der Waals surface area contributed by atoms with Crippen LogP contribution in [0.2, 0.25) is 0 Å². The molecule has 6 nitrogen and oxygen atoms in total. The number of thioether (sulfide) groups is 1. The van der Waals surface area contributed by atoms with Crippen LogP contribution < -0.4 is 15.4 Å². The molecule has 0 spiro atoms. The standard InChI is InChI=1S/C24H25N3O3S/c1-16-13-17(2)26-24(22(16)23(29)27-19-7-5-4-6-8-19)31-15-21(28)25-14-18-9-11-20(30-3)12-10-18/h4-13H,14-15H2,1-3H3,(H,25,28)(H,27,29). The van der Waals surface area contributed by atoms with E-state index in [0.717, 1.165) is 22.6 Å². The summed E-state index contributed by atoms with van der Waals surface area (Å²) in [7, 11) is 1.61. The largest absolute Gasteiger partial charge is 0.497 e. The number of aryl methyl sites for hydroxylation is 2. The quantitative estimate of drug-likeness (QED) is 0.514. The van der Waals surface area contributed by atoms with E-state index < -0.39 is 0 Å². The Bertz CT molecular complexity index is 1050. The zero-order valence-electron chi connectivity index (χ0n) is 17.8. The fourth-order valence-electron chi connectivity index (χ4n) is 3.03. The third kappa shape index (κ3) is 6.33. The summed E-state index contributed by atoms with van der Waals surface area (Å²) in [5, 5.41) is 6.34. The predicted octanol–water partition coefficient (Wildman–Crippen LogP) is 4.37. The van der Waals surface area contributed by atoms with Gasteiger partial charge in [-0.3, -0.25) is 9.59 Å². The molecule has 1 heterocycles. The average molecular weight is 436 g/mol. The number of anilines is 1. The number of nitrogens with zero attached hydrogens (tertiary/aromatic N) is 1. The van der Waals surface area contributed by atoms with Crippen LogP contribution in [0.5, 0.6) is 5.75 Å². The van der Waals surface area contributed by atoms with Crippen LogP contribution in [0.15, 0.2) is 65.7 Å². The molecular formula is C24H25N3O3S. The maximum atomic E-state index is 12.9. The summed E-state index contributed by atoms with van der Waals surface area (Å²) in [5.41, 5.74) is 3.80. The summed E-state index contributed by atoms with van der Waals surface area (Å²) in [6, 6.07) is 18.7. The van der Waals surface area contributed by atoms with Crippen molar-refractivity contribution in [3.63, 3.8) is 0 Å². The van der Waals surface area contributed by atoms with E-state index in [-0.39, 0.29) is 17.6 Å². The van der Waals surface area contributed by atoms with Gasteiger partial charge in [0.05, 0.1) is 18.4 Å². The Morgan fingerprint density at radius 1 is 1.03 bits per heavy atom. The summed E-state index contributed by atoms with van der Waals surface area (Å²) >= 11 is 1.26. The van der Waals surface area contributed by atoms with Gasteiger partial charge in [-0.1, -0.05) is 42.1 Å². The van der Waals surface area contributed by atoms with Gasteiger partial charge in [0.2, 0.25) is 5.91 Å². The lowest BCUT2D eigenvalue weighted by Crippen LogP contribution is -2.25. The fourth-order valence-corrected chi connectivity index (χ4v) is 4.00. The Labute approximate surface area is 186 Å². The van der Waals surface area contributed by atoms with Crippen LogP contribution >= 0.6 is 11.8 Å². The Morgan fingerprint density at radius 2 is 1.74 bits per heavy atom. The van der Waals surface area contributed by atoms with E-state index in [4.69, 9.17) is 4.74 Å². The third-order valence-corrected chi connectivity index (χ3v) is 5.53. The summed E-state index contributed by atoms with van der Waals surface area (Å²) in [4.78, 5) is 29.8. The number of pyridine rings is 1. The number of carbonyl (C=O) groups is 2. The van der Waals surface area contributed by atoms with Crippen LogP contribution in [-0.2, 0) is 11.3 Å². The third-order valence-electron chi connectivity index (χ3n) is 4.56. The second kappa shape index (κ2) is 10.6. The van der Waals surface area contributed by atoms with Gasteiger partial charge < -0.3 is 15.4 Å². The Kier molecular flexibility index (Phi) is 7.67. The van der Waals surface area contributed by atoms with Gasteiger partial charge in [-0.15, -0.1) is 0 Å². The van der Waals surface area contributed by atoms with Crippen molar-refractivity contribution in [2.75, 3.05) is 18.2 Å². The summed E-state index contributed by atoms with van der Waals surface area (Å²) in [6.45, 7) is 4.17. The second-order valence-corrected chi connectivity index (χ2v) is 7.96. The van der Waals surface area contributed by atoms with Gasteiger partial charge in [-0.25, -0.2) is 4.98 Å². The average Bonchev–Trinajstić information content (AvgIpc) is 2.76. The highest BCUT2D eigenvalue weighted by Gasteiger charge is 2.18. The van der Waals surface area contributed by atoms with E-state index in [1.165, 1.54) is 11.8 Å². The van der Waals surface area contributed by atoms with Crippen molar-refractivity contribution in [3.05, 3.63) is 83.0 Å². The van der Waals surface area contributed by atoms with Crippen LogP contribution in [0.25, 0.3) is 0 Å². The first-order chi connectivity index (χ1) is 15.0. The molecule has 2 amide bonds. The van der Waals surface area contributed by atoms with Gasteiger partial charge in [-0.2, -0.15) is 0 Å². The van der Waals surface area contributed by atoms with Gasteiger partial charge >= 0.3 is 0 Å². The normalized spacial score (nSPS) is 10.4. The minimum atomic E-state index is -0.239. The zero-order valence-corrected chi connectivity index (χ0v) is 18.6. The number of methoxy groups -OCH3 is 1. The maximum absolute atomic E-state index is 12.9. The molecule has 0 unspecified atom stereocenters. The van der Waals surface area contributed by atoms with Crippen molar-refractivity contribution in [1.29, 1.82) is 0 Å². The minimum Gasteiger partial charge on any atom is -0.497 e. The highest BCUT2D eigenvalue weighted by Crippen LogP contribution is 2.25. The van der Waals surface area contributed by atoms with Crippen LogP contribution in [0.4, 0.5) is 5.69 Å². The van der Waals surface area contributed by atoms with Crippen molar-refractivity contribution in [2.45, 2.75) is 25.4 Å². The Hall–Kier alpha value is -3.32. The van der Waals surface area contributed by atoms with Gasteiger partial charge in [0.1, 0.15) is 10.8 Å². The van der Waals surface area contributed by atoms with Crippen LogP contribution in [-0.4, -0.2) is 29.7 Å². The number of rotatable bonds is 8. The van der Waals surface area contributed by atoms with Crippen molar-refractivity contribution in [2.24, 2.45) is 0 Å². The molecule has 160 valence electrons. The molecule has 0 fully saturated rings. The van der Waals surface area contributed by atoms with Crippen molar-refractivity contribution >= 4 is 29.3 Å². The highest BCUT2D eigenvalue weighted by atomic mass is 32.2. The number of ether oxygens (including phenoxy) is 1. The molecule has 0 bridgehead atoms. The topological polar surface area (TPSA) is 80.3 Å². The summed E-state index contributed by atoms with van der Waals surface area (Å²) < 4.78 is 5.14. The van der Waals surface area contributed by atoms with Gasteiger partial charge in [-0.05, 0) is 55.3 Å². The maximum Gasteiger partial charge on any atom is 0.258 e. The van der Waals surface area contributed by atoms with Crippen LogP contribution in [0, 0.1) is 13.8 Å². The molecular weight excluding hydrogens is 410 g/mol. The van der Waals surface area contributed by atoms with Crippen molar-refractivity contribution in [3.8, 4) is 5.75 Å². The molecule has 2 N–H and O–H groups in total. The van der Waals surface area contributed by atoms with Crippen LogP contribution in [0.1, 0.15) is 27.2 Å². The molecule has 0 atom stereocenters. The first-order valence-corrected chi connectivity index (χ1v) is 10.8. The van der Waals surface area contributed by atoms with E-state index >= 15 is 0 Å². The molecule has 3 rings (SSSR count). The van der Waals surface area contributed by atoms with Gasteiger partial charge in [0.25, 0.3) is 5.91 Å². The fraction of sp³-hybridized carbons (Fsp3) is 0.208. The molecule has 0 aliphatic rings. The first-order valence-electron chi connectivity index (χ1n) is 9.83. The highest BCUT2D eigenvalue weighted by molar-refractivity contribution is 8.00. The second-order valence-electron chi connectivity index (χ2n) is 6.99. The number of benzene rings is 2. The molecule has 0 saturated carbocycles. The molecule has 2 aromatic carbocycles. The van der Waals surface area contributed by atoms with E-state index in [1.54, 1.807) is 7.11 Å². The van der Waals surface area contributed by atoms with E-state index in [1.807, 2.05) is 74.5 Å². The minimum absolute atomic E-state index is 0.129.